The molecule has 22 heavy (non-hydrogen) atoms. The van der Waals surface area contributed by atoms with E-state index in [4.69, 9.17) is 4.42 Å². The van der Waals surface area contributed by atoms with Crippen LogP contribution in [0.2, 0.25) is 0 Å². The first-order valence-corrected chi connectivity index (χ1v) is 8.07. The number of benzene rings is 2. The summed E-state index contributed by atoms with van der Waals surface area (Å²) in [5.74, 6) is 0.887. The molecule has 2 aromatic carbocycles. The molecule has 0 radical (unpaired) electrons. The van der Waals surface area contributed by atoms with E-state index in [-0.39, 0.29) is 0 Å². The number of para-hydroxylation sites is 2. The fourth-order valence-electron chi connectivity index (χ4n) is 3.55. The summed E-state index contributed by atoms with van der Waals surface area (Å²) >= 11 is 0. The molecule has 0 bridgehead atoms. The molecule has 0 N–H and O–H groups in total. The summed E-state index contributed by atoms with van der Waals surface area (Å²) in [5, 5.41) is 2.43. The summed E-state index contributed by atoms with van der Waals surface area (Å²) in [4.78, 5) is 0. The average molecular weight is 288 g/mol. The van der Waals surface area contributed by atoms with Gasteiger partial charge in [-0.25, -0.2) is 0 Å². The zero-order valence-corrected chi connectivity index (χ0v) is 13.0. The zero-order valence-electron chi connectivity index (χ0n) is 13.0. The minimum absolute atomic E-state index is 0.388. The number of rotatable bonds is 2. The molecule has 2 unspecified atom stereocenters. The van der Waals surface area contributed by atoms with Crippen LogP contribution in [0.1, 0.15) is 31.7 Å². The fraction of sp³-hybridized carbons (Fsp3) is 0.238. The molecule has 1 aromatic heterocycles. The van der Waals surface area contributed by atoms with E-state index in [1.54, 1.807) is 0 Å². The van der Waals surface area contributed by atoms with E-state index < -0.39 is 0 Å². The Balaban J connectivity index is 1.89. The van der Waals surface area contributed by atoms with Gasteiger partial charge in [-0.2, -0.15) is 0 Å². The SMILES string of the molecule is CCC1=CC(C)C(c2cccc3c2oc2ccccc23)C=C1. The smallest absolute Gasteiger partial charge is 0.139 e. The highest BCUT2D eigenvalue weighted by molar-refractivity contribution is 6.06. The van der Waals surface area contributed by atoms with E-state index in [0.29, 0.717) is 11.8 Å². The van der Waals surface area contributed by atoms with Gasteiger partial charge in [0.2, 0.25) is 0 Å². The van der Waals surface area contributed by atoms with Crippen LogP contribution in [0.3, 0.4) is 0 Å². The first kappa shape index (κ1) is 13.4. The maximum absolute atomic E-state index is 6.18. The van der Waals surface area contributed by atoms with Crippen molar-refractivity contribution >= 4 is 21.9 Å². The van der Waals surface area contributed by atoms with Gasteiger partial charge < -0.3 is 4.42 Å². The molecule has 0 fully saturated rings. The molecule has 1 aliphatic carbocycles. The van der Waals surface area contributed by atoms with Gasteiger partial charge in [-0.15, -0.1) is 0 Å². The van der Waals surface area contributed by atoms with E-state index in [2.05, 4.69) is 62.4 Å². The average Bonchev–Trinajstić information content (AvgIpc) is 2.93. The molecule has 4 rings (SSSR count). The van der Waals surface area contributed by atoms with Crippen LogP contribution >= 0.6 is 0 Å². The van der Waals surface area contributed by atoms with E-state index in [1.165, 1.54) is 21.9 Å². The number of furan rings is 1. The predicted molar refractivity (Wildman–Crippen MR) is 93.1 cm³/mol. The zero-order chi connectivity index (χ0) is 15.1. The van der Waals surface area contributed by atoms with Gasteiger partial charge in [-0.1, -0.05) is 74.0 Å². The van der Waals surface area contributed by atoms with Crippen LogP contribution in [0.15, 0.2) is 70.7 Å². The molecule has 110 valence electrons. The Kier molecular flexibility index (Phi) is 3.15. The van der Waals surface area contributed by atoms with Crippen molar-refractivity contribution in [1.29, 1.82) is 0 Å². The summed E-state index contributed by atoms with van der Waals surface area (Å²) < 4.78 is 6.18. The Bertz CT molecular complexity index is 895. The van der Waals surface area contributed by atoms with Crippen molar-refractivity contribution in [3.8, 4) is 0 Å². The van der Waals surface area contributed by atoms with E-state index >= 15 is 0 Å². The van der Waals surface area contributed by atoms with Crippen LogP contribution < -0.4 is 0 Å². The van der Waals surface area contributed by atoms with E-state index in [0.717, 1.165) is 17.6 Å². The molecule has 0 saturated heterocycles. The third kappa shape index (κ3) is 2.00. The third-order valence-electron chi connectivity index (χ3n) is 4.76. The molecule has 0 saturated carbocycles. The Labute approximate surface area is 130 Å². The maximum Gasteiger partial charge on any atom is 0.139 e. The second-order valence-corrected chi connectivity index (χ2v) is 6.16. The highest BCUT2D eigenvalue weighted by Gasteiger charge is 2.22. The van der Waals surface area contributed by atoms with Gasteiger partial charge >= 0.3 is 0 Å². The van der Waals surface area contributed by atoms with Gasteiger partial charge in [0.05, 0.1) is 0 Å². The Hall–Kier alpha value is -2.28. The second kappa shape index (κ2) is 5.17. The number of hydrogen-bond donors (Lipinski definition) is 0. The molecular weight excluding hydrogens is 268 g/mol. The Morgan fingerprint density at radius 1 is 1.00 bits per heavy atom. The van der Waals surface area contributed by atoms with Crippen molar-refractivity contribution in [1.82, 2.24) is 0 Å². The molecule has 1 heteroatoms. The predicted octanol–water partition coefficient (Wildman–Crippen LogP) is 6.21. The van der Waals surface area contributed by atoms with Crippen LogP contribution in [-0.2, 0) is 0 Å². The van der Waals surface area contributed by atoms with Crippen molar-refractivity contribution in [3.05, 3.63) is 71.8 Å². The van der Waals surface area contributed by atoms with Gasteiger partial charge in [-0.3, -0.25) is 0 Å². The maximum atomic E-state index is 6.18. The third-order valence-corrected chi connectivity index (χ3v) is 4.76. The first-order valence-electron chi connectivity index (χ1n) is 8.07. The highest BCUT2D eigenvalue weighted by atomic mass is 16.3. The molecular formula is C21H20O. The monoisotopic (exact) mass is 288 g/mol. The molecule has 0 spiro atoms. The van der Waals surface area contributed by atoms with Crippen molar-refractivity contribution in [2.45, 2.75) is 26.2 Å². The van der Waals surface area contributed by atoms with E-state index in [9.17, 15) is 0 Å². The van der Waals surface area contributed by atoms with Crippen molar-refractivity contribution in [2.75, 3.05) is 0 Å². The standard InChI is InChI=1S/C21H20O/c1-3-15-11-12-16(14(2)13-15)18-8-6-9-19-17-7-4-5-10-20(17)22-21(18)19/h4-14,16H,3H2,1-2H3. The summed E-state index contributed by atoms with van der Waals surface area (Å²) in [6.45, 7) is 4.51. The van der Waals surface area contributed by atoms with Crippen LogP contribution in [0.25, 0.3) is 21.9 Å². The minimum Gasteiger partial charge on any atom is -0.456 e. The van der Waals surface area contributed by atoms with Gasteiger partial charge in [0.1, 0.15) is 11.2 Å². The summed E-state index contributed by atoms with van der Waals surface area (Å²) in [5.41, 5.74) is 4.74. The van der Waals surface area contributed by atoms with Gasteiger partial charge in [0, 0.05) is 22.3 Å². The van der Waals surface area contributed by atoms with Crippen LogP contribution in [-0.4, -0.2) is 0 Å². The lowest BCUT2D eigenvalue weighted by molar-refractivity contribution is 0.607. The lowest BCUT2D eigenvalue weighted by atomic mass is 9.81. The van der Waals surface area contributed by atoms with Crippen molar-refractivity contribution in [2.24, 2.45) is 5.92 Å². The minimum atomic E-state index is 0.388. The van der Waals surface area contributed by atoms with Gasteiger partial charge in [0.15, 0.2) is 0 Å². The first-order chi connectivity index (χ1) is 10.8. The normalized spacial score (nSPS) is 21.5. The summed E-state index contributed by atoms with van der Waals surface area (Å²) in [6, 6.07) is 14.8. The molecule has 3 aromatic rings. The van der Waals surface area contributed by atoms with Crippen LogP contribution in [0, 0.1) is 5.92 Å². The molecule has 1 aliphatic rings. The Morgan fingerprint density at radius 2 is 1.82 bits per heavy atom. The van der Waals surface area contributed by atoms with Gasteiger partial charge in [-0.05, 0) is 18.4 Å². The molecule has 0 amide bonds. The molecule has 1 nitrogen and oxygen atoms in total. The lowest BCUT2D eigenvalue weighted by Crippen LogP contribution is -2.09. The summed E-state index contributed by atoms with van der Waals surface area (Å²) in [6.07, 6.45) is 8.10. The van der Waals surface area contributed by atoms with Crippen molar-refractivity contribution in [3.63, 3.8) is 0 Å². The lowest BCUT2D eigenvalue weighted by Gasteiger charge is -2.23. The topological polar surface area (TPSA) is 13.1 Å². The number of fused-ring (bicyclic) bond motifs is 3. The number of hydrogen-bond acceptors (Lipinski definition) is 1. The van der Waals surface area contributed by atoms with Crippen LogP contribution in [0.5, 0.6) is 0 Å². The largest absolute Gasteiger partial charge is 0.456 e. The van der Waals surface area contributed by atoms with Gasteiger partial charge in [0.25, 0.3) is 0 Å². The Morgan fingerprint density at radius 3 is 2.64 bits per heavy atom. The van der Waals surface area contributed by atoms with Crippen LogP contribution in [0.4, 0.5) is 0 Å². The second-order valence-electron chi connectivity index (χ2n) is 6.16. The number of allylic oxidation sites excluding steroid dienone is 4. The van der Waals surface area contributed by atoms with Crippen molar-refractivity contribution < 1.29 is 4.42 Å². The summed E-state index contributed by atoms with van der Waals surface area (Å²) in [7, 11) is 0. The highest BCUT2D eigenvalue weighted by Crippen LogP contribution is 2.39. The molecule has 2 atom stereocenters. The fourth-order valence-corrected chi connectivity index (χ4v) is 3.55. The molecule has 0 aliphatic heterocycles. The molecule has 1 heterocycles. The van der Waals surface area contributed by atoms with E-state index in [1.807, 2.05) is 12.1 Å². The quantitative estimate of drug-likeness (QED) is 0.546.